The van der Waals surface area contributed by atoms with Crippen molar-refractivity contribution in [2.75, 3.05) is 7.11 Å². The molecule has 2 rings (SSSR count). The van der Waals surface area contributed by atoms with Crippen LogP contribution in [-0.4, -0.2) is 37.0 Å². The third-order valence-corrected chi connectivity index (χ3v) is 4.73. The predicted octanol–water partition coefficient (Wildman–Crippen LogP) is 3.04. The van der Waals surface area contributed by atoms with E-state index < -0.39 is 24.0 Å². The van der Waals surface area contributed by atoms with Crippen molar-refractivity contribution in [1.82, 2.24) is 10.6 Å². The monoisotopic (exact) mass is 410 g/mol. The number of ether oxygens (including phenoxy) is 1. The fourth-order valence-electron chi connectivity index (χ4n) is 3.11. The summed E-state index contributed by atoms with van der Waals surface area (Å²) >= 11 is 0. The number of hydrogen-bond acceptors (Lipinski definition) is 4. The van der Waals surface area contributed by atoms with Crippen molar-refractivity contribution in [3.63, 3.8) is 0 Å². The Hall–Kier alpha value is -3.15. The maximum absolute atomic E-state index is 13.0. The Bertz CT molecular complexity index is 847. The lowest BCUT2D eigenvalue weighted by Crippen LogP contribution is -2.53. The third kappa shape index (κ3) is 7.03. The molecule has 2 amide bonds. The highest BCUT2D eigenvalue weighted by molar-refractivity contribution is 5.98. The van der Waals surface area contributed by atoms with Gasteiger partial charge in [0, 0.05) is 12.0 Å². The van der Waals surface area contributed by atoms with E-state index in [2.05, 4.69) is 10.6 Å². The van der Waals surface area contributed by atoms with E-state index in [1.54, 1.807) is 12.1 Å². The van der Waals surface area contributed by atoms with Crippen LogP contribution < -0.4 is 10.6 Å². The molecule has 0 aliphatic carbocycles. The van der Waals surface area contributed by atoms with E-state index >= 15 is 0 Å². The van der Waals surface area contributed by atoms with Crippen LogP contribution in [0.1, 0.15) is 41.8 Å². The first-order chi connectivity index (χ1) is 14.3. The lowest BCUT2D eigenvalue weighted by Gasteiger charge is -2.23. The highest BCUT2D eigenvalue weighted by Crippen LogP contribution is 2.10. The molecule has 0 unspecified atom stereocenters. The molecule has 30 heavy (non-hydrogen) atoms. The first kappa shape index (κ1) is 23.1. The summed E-state index contributed by atoms with van der Waals surface area (Å²) in [5.41, 5.74) is 2.42. The van der Waals surface area contributed by atoms with Gasteiger partial charge in [0.25, 0.3) is 5.91 Å². The first-order valence-electron chi connectivity index (χ1n) is 10.1. The van der Waals surface area contributed by atoms with Crippen molar-refractivity contribution < 1.29 is 19.1 Å². The number of rotatable bonds is 9. The van der Waals surface area contributed by atoms with E-state index in [1.165, 1.54) is 7.11 Å². The van der Waals surface area contributed by atoms with Gasteiger partial charge in [-0.2, -0.15) is 0 Å². The molecule has 0 saturated carbocycles. The Kier molecular flexibility index (Phi) is 8.59. The molecule has 0 aliphatic rings. The van der Waals surface area contributed by atoms with Gasteiger partial charge in [-0.25, -0.2) is 4.79 Å². The predicted molar refractivity (Wildman–Crippen MR) is 116 cm³/mol. The molecule has 0 aliphatic heterocycles. The summed E-state index contributed by atoms with van der Waals surface area (Å²) in [5, 5.41) is 5.57. The molecule has 2 aromatic rings. The number of benzene rings is 2. The van der Waals surface area contributed by atoms with Crippen LogP contribution >= 0.6 is 0 Å². The van der Waals surface area contributed by atoms with E-state index in [-0.39, 0.29) is 11.8 Å². The van der Waals surface area contributed by atoms with Crippen LogP contribution in [0.3, 0.4) is 0 Å². The Balaban J connectivity index is 2.20. The van der Waals surface area contributed by atoms with Crippen LogP contribution in [0.2, 0.25) is 0 Å². The zero-order valence-electron chi connectivity index (χ0n) is 18.0. The van der Waals surface area contributed by atoms with E-state index in [4.69, 9.17) is 4.74 Å². The minimum atomic E-state index is -0.833. The van der Waals surface area contributed by atoms with Gasteiger partial charge in [0.15, 0.2) is 0 Å². The Morgan fingerprint density at radius 3 is 2.10 bits per heavy atom. The zero-order chi connectivity index (χ0) is 22.1. The number of methoxy groups -OCH3 is 1. The number of amides is 2. The molecule has 6 heteroatoms. The van der Waals surface area contributed by atoms with Crippen LogP contribution in [-0.2, 0) is 20.7 Å². The SMILES string of the molecule is COC(=O)[C@@H](CC(C)C)NC(=O)[C@@H](Cc1ccccc1)NC(=O)c1ccc(C)cc1. The van der Waals surface area contributed by atoms with Crippen LogP contribution in [0, 0.1) is 12.8 Å². The van der Waals surface area contributed by atoms with Gasteiger partial charge in [0.1, 0.15) is 12.1 Å². The number of carbonyl (C=O) groups is 3. The highest BCUT2D eigenvalue weighted by atomic mass is 16.5. The molecule has 2 N–H and O–H groups in total. The fourth-order valence-corrected chi connectivity index (χ4v) is 3.11. The quantitative estimate of drug-likeness (QED) is 0.623. The smallest absolute Gasteiger partial charge is 0.328 e. The second-order valence-corrected chi connectivity index (χ2v) is 7.80. The zero-order valence-corrected chi connectivity index (χ0v) is 18.0. The normalized spacial score (nSPS) is 12.7. The molecule has 2 aromatic carbocycles. The maximum Gasteiger partial charge on any atom is 0.328 e. The molecule has 0 spiro atoms. The van der Waals surface area contributed by atoms with E-state index in [0.29, 0.717) is 18.4 Å². The van der Waals surface area contributed by atoms with Crippen LogP contribution in [0.4, 0.5) is 0 Å². The van der Waals surface area contributed by atoms with Crippen molar-refractivity contribution in [2.45, 2.75) is 45.7 Å². The molecule has 0 radical (unpaired) electrons. The van der Waals surface area contributed by atoms with Crippen LogP contribution in [0.25, 0.3) is 0 Å². The van der Waals surface area contributed by atoms with Gasteiger partial charge in [0.2, 0.25) is 5.91 Å². The number of aryl methyl sites for hydroxylation is 1. The Morgan fingerprint density at radius 2 is 1.53 bits per heavy atom. The average molecular weight is 411 g/mol. The number of nitrogens with one attached hydrogen (secondary N) is 2. The van der Waals surface area contributed by atoms with Gasteiger partial charge in [0.05, 0.1) is 7.11 Å². The minimum Gasteiger partial charge on any atom is -0.467 e. The molecule has 0 heterocycles. The van der Waals surface area contributed by atoms with E-state index in [0.717, 1.165) is 11.1 Å². The van der Waals surface area contributed by atoms with E-state index in [1.807, 2.05) is 63.2 Å². The van der Waals surface area contributed by atoms with Gasteiger partial charge >= 0.3 is 5.97 Å². The molecule has 0 bridgehead atoms. The van der Waals surface area contributed by atoms with E-state index in [9.17, 15) is 14.4 Å². The molecule has 0 saturated heterocycles. The second-order valence-electron chi connectivity index (χ2n) is 7.80. The van der Waals surface area contributed by atoms with Gasteiger partial charge in [-0.05, 0) is 37.0 Å². The molecule has 160 valence electrons. The average Bonchev–Trinajstić information content (AvgIpc) is 2.73. The lowest BCUT2D eigenvalue weighted by molar-refractivity contribution is -0.145. The molecular formula is C24H30N2O4. The lowest BCUT2D eigenvalue weighted by atomic mass is 10.0. The van der Waals surface area contributed by atoms with Crippen molar-refractivity contribution in [1.29, 1.82) is 0 Å². The summed E-state index contributed by atoms with van der Waals surface area (Å²) in [4.78, 5) is 37.9. The number of esters is 1. The molecular weight excluding hydrogens is 380 g/mol. The summed E-state index contributed by atoms with van der Waals surface area (Å²) in [6.07, 6.45) is 0.752. The van der Waals surface area contributed by atoms with Crippen molar-refractivity contribution in [2.24, 2.45) is 5.92 Å². The van der Waals surface area contributed by atoms with Crippen molar-refractivity contribution in [3.05, 3.63) is 71.3 Å². The summed E-state index contributed by atoms with van der Waals surface area (Å²) in [5.74, 6) is -1.08. The highest BCUT2D eigenvalue weighted by Gasteiger charge is 2.28. The van der Waals surface area contributed by atoms with Gasteiger partial charge in [-0.3, -0.25) is 9.59 Å². The summed E-state index contributed by atoms with van der Waals surface area (Å²) < 4.78 is 4.83. The Labute approximate surface area is 178 Å². The molecule has 0 fully saturated rings. The van der Waals surface area contributed by atoms with Crippen LogP contribution in [0.15, 0.2) is 54.6 Å². The van der Waals surface area contributed by atoms with Crippen molar-refractivity contribution >= 4 is 17.8 Å². The molecule has 6 nitrogen and oxygen atoms in total. The Morgan fingerprint density at radius 1 is 0.900 bits per heavy atom. The van der Waals surface area contributed by atoms with Gasteiger partial charge < -0.3 is 15.4 Å². The van der Waals surface area contributed by atoms with Crippen molar-refractivity contribution in [3.8, 4) is 0 Å². The summed E-state index contributed by atoms with van der Waals surface area (Å²) in [6, 6.07) is 15.0. The maximum atomic E-state index is 13.0. The first-order valence-corrected chi connectivity index (χ1v) is 10.1. The number of hydrogen-bond donors (Lipinski definition) is 2. The standard InChI is InChI=1S/C24H30N2O4/c1-16(2)14-21(24(29)30-4)26-23(28)20(15-18-8-6-5-7-9-18)25-22(27)19-12-10-17(3)11-13-19/h5-13,16,20-21H,14-15H2,1-4H3,(H,25,27)(H,26,28)/t20-,21-/m1/s1. The molecule has 2 atom stereocenters. The summed E-state index contributed by atoms with van der Waals surface area (Å²) in [7, 11) is 1.29. The van der Waals surface area contributed by atoms with Gasteiger partial charge in [-0.15, -0.1) is 0 Å². The topological polar surface area (TPSA) is 84.5 Å². The van der Waals surface area contributed by atoms with Crippen LogP contribution in [0.5, 0.6) is 0 Å². The third-order valence-electron chi connectivity index (χ3n) is 4.73. The fraction of sp³-hybridized carbons (Fsp3) is 0.375. The van der Waals surface area contributed by atoms with Gasteiger partial charge in [-0.1, -0.05) is 61.9 Å². The minimum absolute atomic E-state index is 0.184. The molecule has 0 aromatic heterocycles. The summed E-state index contributed by atoms with van der Waals surface area (Å²) in [6.45, 7) is 5.86. The second kappa shape index (κ2) is 11.1. The number of carbonyl (C=O) groups excluding carboxylic acids is 3. The largest absolute Gasteiger partial charge is 0.467 e.